The van der Waals surface area contributed by atoms with Crippen LogP contribution in [0.4, 0.5) is 26.3 Å². The average molecular weight is 813 g/mol. The molecule has 0 saturated heterocycles. The smallest absolute Gasteiger partial charge is 2.00 e. The Morgan fingerprint density at radius 2 is 1.34 bits per heavy atom. The third-order valence-corrected chi connectivity index (χ3v) is 9.63. The number of alkyl halides is 6. The molecule has 0 heterocycles. The summed E-state index contributed by atoms with van der Waals surface area (Å²) in [4.78, 5) is 0. The van der Waals surface area contributed by atoms with Crippen LogP contribution in [-0.2, 0) is 32.4 Å². The maximum atomic E-state index is 14.0. The van der Waals surface area contributed by atoms with E-state index in [1.165, 1.54) is 68.5 Å². The minimum absolute atomic E-state index is 0. The Morgan fingerprint density at radius 3 is 1.83 bits per heavy atom. The molecule has 1 aliphatic carbocycles. The van der Waals surface area contributed by atoms with Crippen LogP contribution in [0, 0.1) is 13.0 Å². The quantitative estimate of drug-likeness (QED) is 0.0734. The standard InChI is InChI=1S/C20H14BF6Si.C16H13.C8H13.Zr/c1-28(2)10-13-17(20(25,26)27)16-12(18(13)21)8-9-14(19(22,23)24)15(16)11-6-4-3-5-7-11;1-12-10-14-8-5-9-15(16(14)11-12)13-6-3-2-4-7-13;1-5-7(3)8(4)6-2;/h3-10H,1-2H3;2-11H,1H3;5H,1-4H3;/q;2*-1;+2. The van der Waals surface area contributed by atoms with Crippen LogP contribution in [0.1, 0.15) is 49.9 Å². The van der Waals surface area contributed by atoms with Crippen LogP contribution in [0.15, 0.2) is 126 Å². The van der Waals surface area contributed by atoms with Gasteiger partial charge >= 0.3 is 186 Å². The number of allylic oxidation sites excluding steroid dienone is 6. The molecule has 0 atom stereocenters. The van der Waals surface area contributed by atoms with E-state index in [9.17, 15) is 26.3 Å². The first-order valence-electron chi connectivity index (χ1n) is 16.7. The minimum Gasteiger partial charge on any atom is 2.00 e. The fraction of sp³-hybridized carbons (Fsp3) is 0.205. The Bertz CT molecular complexity index is 2160. The second-order valence-electron chi connectivity index (χ2n) is 12.8. The Morgan fingerprint density at radius 1 is 0.755 bits per heavy atom. The molecule has 53 heavy (non-hydrogen) atoms. The van der Waals surface area contributed by atoms with Gasteiger partial charge in [0.15, 0.2) is 0 Å². The zero-order chi connectivity index (χ0) is 38.4. The molecule has 6 rings (SSSR count). The molecule has 1 radical (unpaired) electrons. The third-order valence-electron chi connectivity index (χ3n) is 8.77. The summed E-state index contributed by atoms with van der Waals surface area (Å²) >= 11 is 0. The fourth-order valence-corrected chi connectivity index (χ4v) is 6.92. The Balaban J connectivity index is 0.000000253. The summed E-state index contributed by atoms with van der Waals surface area (Å²) < 4.78 is 83.1. The molecule has 5 aromatic carbocycles. The number of fused-ring (bicyclic) bond motifs is 2. The molecule has 9 heteroatoms. The van der Waals surface area contributed by atoms with Gasteiger partial charge in [-0.15, -0.1) is 48.4 Å². The normalized spacial score (nSPS) is 13.0. The first-order valence-corrected chi connectivity index (χ1v) is 19.3. The summed E-state index contributed by atoms with van der Waals surface area (Å²) in [6, 6.07) is 30.7. The number of rotatable bonds is 4. The Hall–Kier alpha value is -3.81. The van der Waals surface area contributed by atoms with Crippen LogP contribution >= 0.6 is 0 Å². The molecule has 0 aromatic heterocycles. The molecule has 0 spiro atoms. The van der Waals surface area contributed by atoms with Crippen LogP contribution < -0.4 is 0 Å². The summed E-state index contributed by atoms with van der Waals surface area (Å²) in [7, 11) is 4.71. The van der Waals surface area contributed by atoms with E-state index in [4.69, 9.17) is 7.49 Å². The first kappa shape index (κ1) is 43.6. The molecule has 1 aliphatic rings. The molecule has 0 unspecified atom stereocenters. The van der Waals surface area contributed by atoms with Crippen molar-refractivity contribution in [2.24, 2.45) is 0 Å². The molecule has 0 nitrogen and oxygen atoms in total. The van der Waals surface area contributed by atoms with E-state index in [1.807, 2.05) is 13.8 Å². The maximum Gasteiger partial charge on any atom is 2.00 e. The van der Waals surface area contributed by atoms with Gasteiger partial charge in [0.05, 0.1) is 0 Å². The third kappa shape index (κ3) is 10.5. The van der Waals surface area contributed by atoms with Crippen molar-refractivity contribution < 1.29 is 52.5 Å². The second kappa shape index (κ2) is 18.5. The summed E-state index contributed by atoms with van der Waals surface area (Å²) in [6.07, 6.45) is -4.52. The second-order valence-corrected chi connectivity index (χ2v) is 15.2. The number of aryl methyl sites for hydroxylation is 1. The molecule has 0 N–H and O–H groups in total. The monoisotopic (exact) mass is 811 g/mol. The predicted octanol–water partition coefficient (Wildman–Crippen LogP) is 12.8. The zero-order valence-corrected chi connectivity index (χ0v) is 34.3. The van der Waals surface area contributed by atoms with E-state index in [1.54, 1.807) is 19.2 Å². The van der Waals surface area contributed by atoms with Gasteiger partial charge in [-0.3, -0.25) is 6.08 Å². The summed E-state index contributed by atoms with van der Waals surface area (Å²) in [6.45, 7) is 13.8. The number of hydrogen-bond acceptors (Lipinski definition) is 0. The SMILES string of the molecule is C[C-]=C(C)C(C)=CC.Cc1cc2c(-c3ccccc3)cccc2[cH-]1.[B]=C1C(C=[Si](C)C)=C(C(F)(F)F)c2c1ccc(C(F)(F)F)c2-c1ccccc1.[Zr+2]. The van der Waals surface area contributed by atoms with Gasteiger partial charge in [-0.05, 0) is 5.56 Å². The summed E-state index contributed by atoms with van der Waals surface area (Å²) in [5.41, 5.74) is 4.40. The van der Waals surface area contributed by atoms with Crippen molar-refractivity contribution in [3.63, 3.8) is 0 Å². The molecule has 0 fully saturated rings. The van der Waals surface area contributed by atoms with Gasteiger partial charge in [0.1, 0.15) is 0 Å². The van der Waals surface area contributed by atoms with Crippen molar-refractivity contribution in [1.29, 1.82) is 0 Å². The molecule has 0 aliphatic heterocycles. The van der Waals surface area contributed by atoms with Crippen LogP contribution in [0.3, 0.4) is 0 Å². The maximum absolute atomic E-state index is 14.0. The van der Waals surface area contributed by atoms with Crippen LogP contribution in [-0.4, -0.2) is 33.2 Å². The van der Waals surface area contributed by atoms with E-state index in [0.29, 0.717) is 0 Å². The number of hydrogen-bond donors (Lipinski definition) is 0. The van der Waals surface area contributed by atoms with E-state index in [-0.39, 0.29) is 48.4 Å². The molecule has 5 aromatic rings. The summed E-state index contributed by atoms with van der Waals surface area (Å²) in [5.74, 6) is 0. The van der Waals surface area contributed by atoms with Crippen LogP contribution in [0.25, 0.3) is 38.6 Å². The van der Waals surface area contributed by atoms with Crippen molar-refractivity contribution in [3.05, 3.63) is 154 Å². The topological polar surface area (TPSA) is 0 Å². The van der Waals surface area contributed by atoms with E-state index >= 15 is 0 Å². The van der Waals surface area contributed by atoms with Gasteiger partial charge in [-0.25, -0.2) is 11.1 Å². The fourth-order valence-electron chi connectivity index (χ4n) is 6.04. The van der Waals surface area contributed by atoms with E-state index in [2.05, 4.69) is 93.6 Å². The van der Waals surface area contributed by atoms with Gasteiger partial charge in [0, 0.05) is 0 Å². The zero-order valence-electron chi connectivity index (χ0n) is 30.8. The first-order chi connectivity index (χ1) is 24.5. The van der Waals surface area contributed by atoms with Crippen LogP contribution in [0.5, 0.6) is 0 Å². The largest absolute Gasteiger partial charge is 2.00 e. The molecule has 269 valence electrons. The predicted molar refractivity (Wildman–Crippen MR) is 211 cm³/mol. The van der Waals surface area contributed by atoms with Gasteiger partial charge in [-0.2, -0.15) is 12.1 Å². The average Bonchev–Trinajstić information content (AvgIpc) is 3.63. The van der Waals surface area contributed by atoms with E-state index in [0.717, 1.165) is 12.1 Å². The number of benzene rings is 4. The molecule has 0 saturated carbocycles. The number of halogens is 6. The molecule has 0 amide bonds. The minimum atomic E-state index is -4.85. The molecule has 0 bridgehead atoms. The van der Waals surface area contributed by atoms with Gasteiger partial charge < -0.3 is 0 Å². The van der Waals surface area contributed by atoms with Crippen molar-refractivity contribution >= 4 is 43.4 Å². The Labute approximate surface area is 330 Å². The van der Waals surface area contributed by atoms with Gasteiger partial charge in [-0.1, -0.05) is 62.7 Å². The van der Waals surface area contributed by atoms with Crippen molar-refractivity contribution in [1.82, 2.24) is 0 Å². The Kier molecular flexibility index (Phi) is 15.2. The molecular formula is C44H40BF6SiZr. The summed E-state index contributed by atoms with van der Waals surface area (Å²) in [5, 5.41) is 2.69. The van der Waals surface area contributed by atoms with Gasteiger partial charge in [0.2, 0.25) is 0 Å². The van der Waals surface area contributed by atoms with Crippen molar-refractivity contribution in [3.8, 4) is 22.3 Å². The molecular weight excluding hydrogens is 773 g/mol. The van der Waals surface area contributed by atoms with E-state index < -0.39 is 43.0 Å². The van der Waals surface area contributed by atoms with Gasteiger partial charge in [0.25, 0.3) is 0 Å². The van der Waals surface area contributed by atoms with Crippen molar-refractivity contribution in [2.75, 3.05) is 0 Å². The van der Waals surface area contributed by atoms with Crippen LogP contribution in [0.2, 0.25) is 13.1 Å². The van der Waals surface area contributed by atoms with Crippen molar-refractivity contribution in [2.45, 2.75) is 60.1 Å².